The Balaban J connectivity index is 1.78. The van der Waals surface area contributed by atoms with Crippen LogP contribution in [0, 0.1) is 0 Å². The second kappa shape index (κ2) is 9.14. The molecular weight excluding hydrogens is 362 g/mol. The lowest BCUT2D eigenvalue weighted by molar-refractivity contribution is 0.0932. The summed E-state index contributed by atoms with van der Waals surface area (Å²) in [4.78, 5) is 12.8. The number of carbonyl (C=O) groups excluding carboxylic acids is 1. The quantitative estimate of drug-likeness (QED) is 0.652. The SMILES string of the molecule is CCCCOc1c(Cl)cc(C(=O)NC2CCCc3ccccc32)cc1OC. The van der Waals surface area contributed by atoms with Gasteiger partial charge in [-0.3, -0.25) is 4.79 Å². The van der Waals surface area contributed by atoms with Crippen LogP contribution in [-0.2, 0) is 6.42 Å². The van der Waals surface area contributed by atoms with Crippen LogP contribution in [0.3, 0.4) is 0 Å². The highest BCUT2D eigenvalue weighted by Crippen LogP contribution is 2.37. The van der Waals surface area contributed by atoms with Gasteiger partial charge in [-0.1, -0.05) is 49.2 Å². The maximum Gasteiger partial charge on any atom is 0.251 e. The molecule has 4 nitrogen and oxygen atoms in total. The fourth-order valence-corrected chi connectivity index (χ4v) is 3.72. The smallest absolute Gasteiger partial charge is 0.251 e. The first kappa shape index (κ1) is 19.6. The Morgan fingerprint density at radius 3 is 2.89 bits per heavy atom. The third-order valence-corrected chi connectivity index (χ3v) is 5.19. The fraction of sp³-hybridized carbons (Fsp3) is 0.409. The molecule has 144 valence electrons. The number of rotatable bonds is 7. The monoisotopic (exact) mass is 387 g/mol. The minimum atomic E-state index is -0.156. The van der Waals surface area contributed by atoms with Crippen molar-refractivity contribution in [3.8, 4) is 11.5 Å². The molecule has 1 atom stereocenters. The van der Waals surface area contributed by atoms with Crippen molar-refractivity contribution in [3.05, 3.63) is 58.1 Å². The Morgan fingerprint density at radius 1 is 1.30 bits per heavy atom. The molecule has 0 saturated carbocycles. The predicted octanol–water partition coefficient (Wildman–Crippen LogP) is 5.33. The number of aryl methyl sites for hydroxylation is 1. The Morgan fingerprint density at radius 2 is 2.11 bits per heavy atom. The molecule has 5 heteroatoms. The van der Waals surface area contributed by atoms with E-state index < -0.39 is 0 Å². The lowest BCUT2D eigenvalue weighted by atomic mass is 9.87. The Labute approximate surface area is 165 Å². The molecule has 0 saturated heterocycles. The van der Waals surface area contributed by atoms with E-state index in [9.17, 15) is 4.79 Å². The highest BCUT2D eigenvalue weighted by atomic mass is 35.5. The average Bonchev–Trinajstić information content (AvgIpc) is 2.69. The van der Waals surface area contributed by atoms with Crippen LogP contribution in [0.25, 0.3) is 0 Å². The third kappa shape index (κ3) is 4.56. The summed E-state index contributed by atoms with van der Waals surface area (Å²) in [5.41, 5.74) is 2.99. The largest absolute Gasteiger partial charge is 0.493 e. The molecule has 0 spiro atoms. The topological polar surface area (TPSA) is 47.6 Å². The zero-order valence-electron chi connectivity index (χ0n) is 15.9. The highest BCUT2D eigenvalue weighted by molar-refractivity contribution is 6.32. The summed E-state index contributed by atoms with van der Waals surface area (Å²) < 4.78 is 11.1. The molecule has 0 heterocycles. The molecule has 2 aromatic rings. The molecule has 0 radical (unpaired) electrons. The molecule has 1 unspecified atom stereocenters. The Bertz CT molecular complexity index is 806. The van der Waals surface area contributed by atoms with Crippen LogP contribution >= 0.6 is 11.6 Å². The third-order valence-electron chi connectivity index (χ3n) is 4.91. The molecular formula is C22H26ClNO3. The van der Waals surface area contributed by atoms with E-state index in [4.69, 9.17) is 21.1 Å². The van der Waals surface area contributed by atoms with Crippen LogP contribution in [-0.4, -0.2) is 19.6 Å². The molecule has 0 aromatic heterocycles. The van der Waals surface area contributed by atoms with Crippen LogP contribution in [0.4, 0.5) is 0 Å². The summed E-state index contributed by atoms with van der Waals surface area (Å²) >= 11 is 6.38. The van der Waals surface area contributed by atoms with Gasteiger partial charge in [-0.05, 0) is 48.9 Å². The summed E-state index contributed by atoms with van der Waals surface area (Å²) in [5, 5.41) is 3.54. The van der Waals surface area contributed by atoms with Gasteiger partial charge in [0.05, 0.1) is 24.8 Å². The van der Waals surface area contributed by atoms with Crippen molar-refractivity contribution in [3.63, 3.8) is 0 Å². The maximum atomic E-state index is 12.8. The second-order valence-electron chi connectivity index (χ2n) is 6.81. The van der Waals surface area contributed by atoms with Crippen molar-refractivity contribution < 1.29 is 14.3 Å². The molecule has 27 heavy (non-hydrogen) atoms. The summed E-state index contributed by atoms with van der Waals surface area (Å²) in [6.45, 7) is 2.66. The predicted molar refractivity (Wildman–Crippen MR) is 108 cm³/mol. The van der Waals surface area contributed by atoms with Gasteiger partial charge in [0.25, 0.3) is 5.91 Å². The van der Waals surface area contributed by atoms with Gasteiger partial charge in [0, 0.05) is 5.56 Å². The number of ether oxygens (including phenoxy) is 2. The Hall–Kier alpha value is -2.20. The number of benzene rings is 2. The minimum Gasteiger partial charge on any atom is -0.493 e. The van der Waals surface area contributed by atoms with E-state index in [1.54, 1.807) is 19.2 Å². The van der Waals surface area contributed by atoms with E-state index in [1.807, 2.05) is 12.1 Å². The number of nitrogens with one attached hydrogen (secondary N) is 1. The number of hydrogen-bond donors (Lipinski definition) is 1. The van der Waals surface area contributed by atoms with Gasteiger partial charge in [0.1, 0.15) is 0 Å². The Kier molecular flexibility index (Phi) is 6.62. The number of halogens is 1. The molecule has 1 aliphatic rings. The molecule has 3 rings (SSSR count). The second-order valence-corrected chi connectivity index (χ2v) is 7.22. The van der Waals surface area contributed by atoms with E-state index in [0.29, 0.717) is 28.7 Å². The fourth-order valence-electron chi connectivity index (χ4n) is 3.46. The first-order chi connectivity index (χ1) is 13.1. The maximum absolute atomic E-state index is 12.8. The number of amides is 1. The molecule has 1 N–H and O–H groups in total. The van der Waals surface area contributed by atoms with Gasteiger partial charge in [0.2, 0.25) is 0 Å². The van der Waals surface area contributed by atoms with E-state index in [-0.39, 0.29) is 11.9 Å². The lowest BCUT2D eigenvalue weighted by Gasteiger charge is -2.26. The van der Waals surface area contributed by atoms with Crippen molar-refractivity contribution in [1.29, 1.82) is 0 Å². The first-order valence-corrected chi connectivity index (χ1v) is 9.90. The number of methoxy groups -OCH3 is 1. The van der Waals surface area contributed by atoms with Crippen LogP contribution in [0.1, 0.15) is 60.1 Å². The molecule has 1 aliphatic carbocycles. The van der Waals surface area contributed by atoms with Gasteiger partial charge in [-0.15, -0.1) is 0 Å². The van der Waals surface area contributed by atoms with Gasteiger partial charge in [-0.2, -0.15) is 0 Å². The van der Waals surface area contributed by atoms with Gasteiger partial charge < -0.3 is 14.8 Å². The standard InChI is InChI=1S/C22H26ClNO3/c1-3-4-12-27-21-18(23)13-16(14-20(21)26-2)22(25)24-19-11-7-9-15-8-5-6-10-17(15)19/h5-6,8,10,13-14,19H,3-4,7,9,11-12H2,1-2H3,(H,24,25). The average molecular weight is 388 g/mol. The van der Waals surface area contributed by atoms with Gasteiger partial charge >= 0.3 is 0 Å². The highest BCUT2D eigenvalue weighted by Gasteiger charge is 2.23. The summed E-state index contributed by atoms with van der Waals surface area (Å²) in [5.74, 6) is 0.817. The summed E-state index contributed by atoms with van der Waals surface area (Å²) in [6, 6.07) is 11.7. The van der Waals surface area contributed by atoms with Crippen LogP contribution in [0.2, 0.25) is 5.02 Å². The van der Waals surface area contributed by atoms with Gasteiger partial charge in [0.15, 0.2) is 11.5 Å². The van der Waals surface area contributed by atoms with Crippen LogP contribution in [0.5, 0.6) is 11.5 Å². The van der Waals surface area contributed by atoms with Crippen molar-refractivity contribution in [2.45, 2.75) is 45.1 Å². The van der Waals surface area contributed by atoms with Crippen molar-refractivity contribution in [2.75, 3.05) is 13.7 Å². The first-order valence-electron chi connectivity index (χ1n) is 9.53. The number of carbonyl (C=O) groups is 1. The van der Waals surface area contributed by atoms with E-state index in [0.717, 1.165) is 32.1 Å². The summed E-state index contributed by atoms with van der Waals surface area (Å²) in [7, 11) is 1.55. The molecule has 0 bridgehead atoms. The van der Waals surface area contributed by atoms with Crippen LogP contribution < -0.4 is 14.8 Å². The normalized spacial score (nSPS) is 15.7. The van der Waals surface area contributed by atoms with Gasteiger partial charge in [-0.25, -0.2) is 0 Å². The lowest BCUT2D eigenvalue weighted by Crippen LogP contribution is -2.31. The summed E-state index contributed by atoms with van der Waals surface area (Å²) in [6.07, 6.45) is 5.03. The van der Waals surface area contributed by atoms with Crippen LogP contribution in [0.15, 0.2) is 36.4 Å². The zero-order valence-corrected chi connectivity index (χ0v) is 16.6. The molecule has 0 aliphatic heterocycles. The number of unbranched alkanes of at least 4 members (excludes halogenated alkanes) is 1. The minimum absolute atomic E-state index is 0.0210. The number of hydrogen-bond acceptors (Lipinski definition) is 3. The van der Waals surface area contributed by atoms with E-state index in [2.05, 4.69) is 24.4 Å². The van der Waals surface area contributed by atoms with Crippen molar-refractivity contribution in [1.82, 2.24) is 5.32 Å². The molecule has 2 aromatic carbocycles. The zero-order chi connectivity index (χ0) is 19.2. The van der Waals surface area contributed by atoms with Crippen molar-refractivity contribution in [2.24, 2.45) is 0 Å². The van der Waals surface area contributed by atoms with E-state index in [1.165, 1.54) is 11.1 Å². The molecule has 1 amide bonds. The molecule has 0 fully saturated rings. The van der Waals surface area contributed by atoms with E-state index >= 15 is 0 Å². The van der Waals surface area contributed by atoms with Crippen molar-refractivity contribution >= 4 is 17.5 Å². The number of fused-ring (bicyclic) bond motifs is 1.